The molecule has 0 aliphatic carbocycles. The molecule has 0 aromatic heterocycles. The van der Waals surface area contributed by atoms with E-state index >= 15 is 0 Å². The molecule has 0 bridgehead atoms. The third-order valence-corrected chi connectivity index (χ3v) is 4.81. The molecule has 1 heterocycles. The van der Waals surface area contributed by atoms with Crippen LogP contribution in [0.3, 0.4) is 0 Å². The smallest absolute Gasteiger partial charge is 0.257 e. The van der Waals surface area contributed by atoms with E-state index in [0.717, 1.165) is 5.56 Å². The molecule has 3 rings (SSSR count). The summed E-state index contributed by atoms with van der Waals surface area (Å²) in [5, 5.41) is 10.5. The zero-order valence-electron chi connectivity index (χ0n) is 14.2. The molecule has 2 aromatic carbocycles. The van der Waals surface area contributed by atoms with E-state index in [9.17, 15) is 14.3 Å². The Labute approximate surface area is 146 Å². The summed E-state index contributed by atoms with van der Waals surface area (Å²) in [6, 6.07) is 13.5. The van der Waals surface area contributed by atoms with Gasteiger partial charge in [0.25, 0.3) is 5.91 Å². The first-order valence-corrected chi connectivity index (χ1v) is 8.46. The molecule has 1 fully saturated rings. The average Bonchev–Trinajstić information content (AvgIpc) is 2.67. The van der Waals surface area contributed by atoms with Gasteiger partial charge in [-0.15, -0.1) is 0 Å². The van der Waals surface area contributed by atoms with Gasteiger partial charge in [-0.2, -0.15) is 0 Å². The Hall–Kier alpha value is -2.40. The van der Waals surface area contributed by atoms with Crippen LogP contribution in [-0.2, 0) is 0 Å². The van der Waals surface area contributed by atoms with Crippen LogP contribution in [0, 0.1) is 11.7 Å². The topological polar surface area (TPSA) is 49.8 Å². The maximum Gasteiger partial charge on any atom is 0.257 e. The molecule has 1 atom stereocenters. The molecular formula is C20H22FNO3. The molecule has 1 unspecified atom stereocenters. The Morgan fingerprint density at radius 1 is 1.20 bits per heavy atom. The number of likely N-dealkylation sites (tertiary alicyclic amines) is 1. The quantitative estimate of drug-likeness (QED) is 0.925. The Bertz CT molecular complexity index is 727. The van der Waals surface area contributed by atoms with Gasteiger partial charge in [-0.05, 0) is 42.5 Å². The molecule has 25 heavy (non-hydrogen) atoms. The molecule has 1 amide bonds. The van der Waals surface area contributed by atoms with E-state index in [1.165, 1.54) is 25.3 Å². The molecule has 0 spiro atoms. The molecule has 1 N–H and O–H groups in total. The fourth-order valence-electron chi connectivity index (χ4n) is 3.36. The number of halogens is 1. The Morgan fingerprint density at radius 2 is 1.88 bits per heavy atom. The highest BCUT2D eigenvalue weighted by Crippen LogP contribution is 2.31. The van der Waals surface area contributed by atoms with Crippen LogP contribution in [0.25, 0.3) is 0 Å². The van der Waals surface area contributed by atoms with Gasteiger partial charge in [0.2, 0.25) is 0 Å². The van der Waals surface area contributed by atoms with Gasteiger partial charge in [0, 0.05) is 13.1 Å². The van der Waals surface area contributed by atoms with Crippen molar-refractivity contribution in [1.82, 2.24) is 4.90 Å². The van der Waals surface area contributed by atoms with Gasteiger partial charge in [0.05, 0.1) is 18.8 Å². The predicted octanol–water partition coefficient (Wildman–Crippen LogP) is 3.42. The largest absolute Gasteiger partial charge is 0.496 e. The molecule has 5 heteroatoms. The molecule has 1 saturated heterocycles. The highest BCUT2D eigenvalue weighted by molar-refractivity contribution is 5.97. The van der Waals surface area contributed by atoms with E-state index in [0.29, 0.717) is 31.7 Å². The number of ether oxygens (including phenoxy) is 1. The Balaban J connectivity index is 1.66. The summed E-state index contributed by atoms with van der Waals surface area (Å²) >= 11 is 0. The Morgan fingerprint density at radius 3 is 2.52 bits per heavy atom. The van der Waals surface area contributed by atoms with Crippen LogP contribution in [0.5, 0.6) is 5.75 Å². The standard InChI is InChI=1S/C20H22FNO3/c1-25-18-8-7-16(21)13-17(18)20(24)22-11-9-15(10-12-22)19(23)14-5-3-2-4-6-14/h2-8,13,15,19,23H,9-12H2,1H3. The molecular weight excluding hydrogens is 321 g/mol. The van der Waals surface area contributed by atoms with Crippen LogP contribution in [0.2, 0.25) is 0 Å². The first kappa shape index (κ1) is 17.4. The monoisotopic (exact) mass is 343 g/mol. The summed E-state index contributed by atoms with van der Waals surface area (Å²) in [6.45, 7) is 1.07. The molecule has 1 aliphatic heterocycles. The zero-order valence-corrected chi connectivity index (χ0v) is 14.2. The number of rotatable bonds is 4. The van der Waals surface area contributed by atoms with E-state index in [1.807, 2.05) is 30.3 Å². The molecule has 4 nitrogen and oxygen atoms in total. The van der Waals surface area contributed by atoms with E-state index in [4.69, 9.17) is 4.74 Å². The van der Waals surface area contributed by atoms with E-state index in [1.54, 1.807) is 4.90 Å². The molecule has 0 saturated carbocycles. The maximum absolute atomic E-state index is 13.5. The summed E-state index contributed by atoms with van der Waals surface area (Å²) in [7, 11) is 1.46. The lowest BCUT2D eigenvalue weighted by atomic mass is 9.87. The van der Waals surface area contributed by atoms with Gasteiger partial charge in [-0.3, -0.25) is 4.79 Å². The summed E-state index contributed by atoms with van der Waals surface area (Å²) < 4.78 is 18.7. The van der Waals surface area contributed by atoms with Crippen molar-refractivity contribution in [3.8, 4) is 5.75 Å². The fourth-order valence-corrected chi connectivity index (χ4v) is 3.36. The first-order chi connectivity index (χ1) is 12.1. The average molecular weight is 343 g/mol. The van der Waals surface area contributed by atoms with Crippen molar-refractivity contribution in [3.63, 3.8) is 0 Å². The van der Waals surface area contributed by atoms with Gasteiger partial charge in [-0.25, -0.2) is 4.39 Å². The number of carbonyl (C=O) groups excluding carboxylic acids is 1. The normalized spacial score (nSPS) is 16.5. The summed E-state index contributed by atoms with van der Waals surface area (Å²) in [5.41, 5.74) is 1.14. The number of hydrogen-bond donors (Lipinski definition) is 1. The molecule has 0 radical (unpaired) electrons. The summed E-state index contributed by atoms with van der Waals surface area (Å²) in [5.74, 6) is -0.207. The van der Waals surface area contributed by atoms with Crippen molar-refractivity contribution in [2.24, 2.45) is 5.92 Å². The number of aliphatic hydroxyl groups excluding tert-OH is 1. The lowest BCUT2D eigenvalue weighted by Gasteiger charge is -2.34. The zero-order chi connectivity index (χ0) is 17.8. The lowest BCUT2D eigenvalue weighted by molar-refractivity contribution is 0.0460. The van der Waals surface area contributed by atoms with Gasteiger partial charge in [-0.1, -0.05) is 30.3 Å². The number of aliphatic hydroxyl groups is 1. The van der Waals surface area contributed by atoms with Crippen molar-refractivity contribution < 1.29 is 19.0 Å². The second-order valence-electron chi connectivity index (χ2n) is 6.33. The van der Waals surface area contributed by atoms with Crippen molar-refractivity contribution in [1.29, 1.82) is 0 Å². The van der Waals surface area contributed by atoms with E-state index in [2.05, 4.69) is 0 Å². The van der Waals surface area contributed by atoms with Crippen LogP contribution in [0.4, 0.5) is 4.39 Å². The SMILES string of the molecule is COc1ccc(F)cc1C(=O)N1CCC(C(O)c2ccccc2)CC1. The number of carbonyl (C=O) groups is 1. The number of piperidine rings is 1. The van der Waals surface area contributed by atoms with Gasteiger partial charge in [0.15, 0.2) is 0 Å². The molecule has 1 aliphatic rings. The number of hydrogen-bond acceptors (Lipinski definition) is 3. The first-order valence-electron chi connectivity index (χ1n) is 8.46. The highest BCUT2D eigenvalue weighted by Gasteiger charge is 2.29. The molecule has 132 valence electrons. The van der Waals surface area contributed by atoms with E-state index in [-0.39, 0.29) is 17.4 Å². The third-order valence-electron chi connectivity index (χ3n) is 4.81. The minimum absolute atomic E-state index is 0.112. The van der Waals surface area contributed by atoms with Crippen LogP contribution in [-0.4, -0.2) is 36.1 Å². The number of amides is 1. The van der Waals surface area contributed by atoms with Gasteiger partial charge >= 0.3 is 0 Å². The second kappa shape index (κ2) is 7.66. The number of methoxy groups -OCH3 is 1. The maximum atomic E-state index is 13.5. The van der Waals surface area contributed by atoms with Crippen LogP contribution in [0.15, 0.2) is 48.5 Å². The highest BCUT2D eigenvalue weighted by atomic mass is 19.1. The predicted molar refractivity (Wildman–Crippen MR) is 93.0 cm³/mol. The lowest BCUT2D eigenvalue weighted by Crippen LogP contribution is -2.40. The third kappa shape index (κ3) is 3.82. The van der Waals surface area contributed by atoms with Crippen LogP contribution < -0.4 is 4.74 Å². The van der Waals surface area contributed by atoms with Crippen LogP contribution in [0.1, 0.15) is 34.9 Å². The fraction of sp³-hybridized carbons (Fsp3) is 0.350. The van der Waals surface area contributed by atoms with Crippen LogP contribution >= 0.6 is 0 Å². The van der Waals surface area contributed by atoms with Crippen molar-refractivity contribution >= 4 is 5.91 Å². The number of benzene rings is 2. The van der Waals surface area contributed by atoms with Crippen molar-refractivity contribution in [2.75, 3.05) is 20.2 Å². The van der Waals surface area contributed by atoms with Crippen molar-refractivity contribution in [3.05, 3.63) is 65.5 Å². The second-order valence-corrected chi connectivity index (χ2v) is 6.33. The Kier molecular flexibility index (Phi) is 5.34. The summed E-state index contributed by atoms with van der Waals surface area (Å²) in [6.07, 6.45) is 0.890. The van der Waals surface area contributed by atoms with Crippen molar-refractivity contribution in [2.45, 2.75) is 18.9 Å². The molecule has 2 aromatic rings. The van der Waals surface area contributed by atoms with Gasteiger partial charge < -0.3 is 14.7 Å². The summed E-state index contributed by atoms with van der Waals surface area (Å²) in [4.78, 5) is 14.4. The minimum atomic E-state index is -0.526. The van der Waals surface area contributed by atoms with Gasteiger partial charge in [0.1, 0.15) is 11.6 Å². The van der Waals surface area contributed by atoms with E-state index < -0.39 is 11.9 Å². The minimum Gasteiger partial charge on any atom is -0.496 e. The number of nitrogens with zero attached hydrogens (tertiary/aromatic N) is 1.